The van der Waals surface area contributed by atoms with Gasteiger partial charge in [-0.25, -0.2) is 0 Å². The zero-order valence-electron chi connectivity index (χ0n) is 11.5. The molecule has 112 valence electrons. The Balaban J connectivity index is 2.80. The first-order valence-electron chi connectivity index (χ1n) is 6.32. The van der Waals surface area contributed by atoms with Gasteiger partial charge in [-0.2, -0.15) is 13.2 Å². The van der Waals surface area contributed by atoms with Gasteiger partial charge >= 0.3 is 6.18 Å². The fourth-order valence-electron chi connectivity index (χ4n) is 1.95. The Hall–Kier alpha value is -1.56. The molecule has 1 aromatic carbocycles. The van der Waals surface area contributed by atoms with Crippen LogP contribution in [0.5, 0.6) is 5.75 Å². The van der Waals surface area contributed by atoms with Gasteiger partial charge in [0.25, 0.3) is 0 Å². The third-order valence-electron chi connectivity index (χ3n) is 2.72. The molecule has 0 radical (unpaired) electrons. The van der Waals surface area contributed by atoms with Crippen LogP contribution in [-0.4, -0.2) is 43.6 Å². The standard InChI is InChI=1S/C14H18F3NO2/c1-3-8-18(10-14(15,16)17)9-12(19)11-6-4-5-7-13(11)20-2/h4-7H,3,8-10H2,1-2H3. The van der Waals surface area contributed by atoms with Crippen LogP contribution in [0.4, 0.5) is 13.2 Å². The van der Waals surface area contributed by atoms with E-state index in [1.807, 2.05) is 0 Å². The molecule has 0 bridgehead atoms. The Labute approximate surface area is 116 Å². The Morgan fingerprint density at radius 1 is 1.30 bits per heavy atom. The molecule has 0 amide bonds. The van der Waals surface area contributed by atoms with Crippen LogP contribution >= 0.6 is 0 Å². The number of methoxy groups -OCH3 is 1. The highest BCUT2D eigenvalue weighted by molar-refractivity contribution is 6.00. The molecule has 0 N–H and O–H groups in total. The van der Waals surface area contributed by atoms with Crippen LogP contribution < -0.4 is 4.74 Å². The first-order valence-corrected chi connectivity index (χ1v) is 6.32. The smallest absolute Gasteiger partial charge is 0.401 e. The minimum Gasteiger partial charge on any atom is -0.496 e. The van der Waals surface area contributed by atoms with E-state index in [4.69, 9.17) is 4.74 Å². The van der Waals surface area contributed by atoms with Gasteiger partial charge in [-0.05, 0) is 25.1 Å². The Bertz CT molecular complexity index is 446. The average Bonchev–Trinajstić information content (AvgIpc) is 2.37. The van der Waals surface area contributed by atoms with Crippen LogP contribution in [0.25, 0.3) is 0 Å². The molecule has 0 aliphatic carbocycles. The molecular weight excluding hydrogens is 271 g/mol. The molecule has 0 aliphatic rings. The molecule has 3 nitrogen and oxygen atoms in total. The summed E-state index contributed by atoms with van der Waals surface area (Å²) in [4.78, 5) is 13.2. The van der Waals surface area contributed by atoms with Gasteiger partial charge in [0.1, 0.15) is 5.75 Å². The topological polar surface area (TPSA) is 29.5 Å². The van der Waals surface area contributed by atoms with E-state index in [1.54, 1.807) is 31.2 Å². The number of carbonyl (C=O) groups excluding carboxylic acids is 1. The minimum absolute atomic E-state index is 0.223. The Kier molecular flexibility index (Phi) is 6.01. The second-order valence-corrected chi connectivity index (χ2v) is 4.45. The summed E-state index contributed by atoms with van der Waals surface area (Å²) in [6, 6.07) is 6.53. The maximum Gasteiger partial charge on any atom is 0.401 e. The van der Waals surface area contributed by atoms with Crippen molar-refractivity contribution in [1.29, 1.82) is 0 Å². The number of benzene rings is 1. The molecule has 1 rings (SSSR count). The summed E-state index contributed by atoms with van der Waals surface area (Å²) in [5, 5.41) is 0. The zero-order chi connectivity index (χ0) is 15.2. The number of hydrogen-bond acceptors (Lipinski definition) is 3. The number of hydrogen-bond donors (Lipinski definition) is 0. The predicted octanol–water partition coefficient (Wildman–Crippen LogP) is 3.15. The fourth-order valence-corrected chi connectivity index (χ4v) is 1.95. The van der Waals surface area contributed by atoms with Gasteiger partial charge in [-0.1, -0.05) is 19.1 Å². The molecule has 1 aromatic rings. The van der Waals surface area contributed by atoms with Crippen LogP contribution in [0.1, 0.15) is 23.7 Å². The highest BCUT2D eigenvalue weighted by Gasteiger charge is 2.31. The number of Topliss-reactive ketones (excluding diaryl/α,β-unsaturated/α-hetero) is 1. The van der Waals surface area contributed by atoms with E-state index >= 15 is 0 Å². The van der Waals surface area contributed by atoms with Crippen molar-refractivity contribution in [2.24, 2.45) is 0 Å². The van der Waals surface area contributed by atoms with Gasteiger partial charge < -0.3 is 4.74 Å². The molecule has 0 saturated carbocycles. The normalized spacial score (nSPS) is 11.7. The Morgan fingerprint density at radius 3 is 2.50 bits per heavy atom. The summed E-state index contributed by atoms with van der Waals surface area (Å²) < 4.78 is 42.4. The lowest BCUT2D eigenvalue weighted by atomic mass is 10.1. The van der Waals surface area contributed by atoms with Gasteiger partial charge in [-0.15, -0.1) is 0 Å². The lowest BCUT2D eigenvalue weighted by Crippen LogP contribution is -2.38. The maximum absolute atomic E-state index is 12.4. The lowest BCUT2D eigenvalue weighted by Gasteiger charge is -2.22. The van der Waals surface area contributed by atoms with E-state index in [0.717, 1.165) is 4.90 Å². The predicted molar refractivity (Wildman–Crippen MR) is 70.1 cm³/mol. The molecule has 0 aliphatic heterocycles. The summed E-state index contributed by atoms with van der Waals surface area (Å²) in [7, 11) is 1.42. The third-order valence-corrected chi connectivity index (χ3v) is 2.72. The van der Waals surface area contributed by atoms with Gasteiger partial charge in [0.05, 0.1) is 25.8 Å². The van der Waals surface area contributed by atoms with Crippen molar-refractivity contribution in [3.63, 3.8) is 0 Å². The number of nitrogens with zero attached hydrogens (tertiary/aromatic N) is 1. The van der Waals surface area contributed by atoms with E-state index in [9.17, 15) is 18.0 Å². The zero-order valence-corrected chi connectivity index (χ0v) is 11.5. The largest absolute Gasteiger partial charge is 0.496 e. The summed E-state index contributed by atoms with van der Waals surface area (Å²) >= 11 is 0. The van der Waals surface area contributed by atoms with Crippen molar-refractivity contribution in [3.05, 3.63) is 29.8 Å². The summed E-state index contributed by atoms with van der Waals surface area (Å²) in [5.41, 5.74) is 0.304. The molecule has 0 spiro atoms. The number of para-hydroxylation sites is 1. The van der Waals surface area contributed by atoms with Crippen molar-refractivity contribution in [2.45, 2.75) is 19.5 Å². The van der Waals surface area contributed by atoms with Crippen molar-refractivity contribution >= 4 is 5.78 Å². The van der Waals surface area contributed by atoms with Crippen LogP contribution in [0.3, 0.4) is 0 Å². The van der Waals surface area contributed by atoms with Crippen molar-refractivity contribution in [2.75, 3.05) is 26.7 Å². The number of rotatable bonds is 7. The molecule has 0 fully saturated rings. The Morgan fingerprint density at radius 2 is 1.95 bits per heavy atom. The highest BCUT2D eigenvalue weighted by Crippen LogP contribution is 2.20. The van der Waals surface area contributed by atoms with Gasteiger partial charge in [0.2, 0.25) is 0 Å². The van der Waals surface area contributed by atoms with Crippen LogP contribution in [0.15, 0.2) is 24.3 Å². The summed E-state index contributed by atoms with van der Waals surface area (Å²) in [6.07, 6.45) is -3.76. The number of ketones is 1. The molecule has 0 saturated heterocycles. The number of ether oxygens (including phenoxy) is 1. The van der Waals surface area contributed by atoms with E-state index in [1.165, 1.54) is 7.11 Å². The van der Waals surface area contributed by atoms with Gasteiger partial charge in [0.15, 0.2) is 5.78 Å². The van der Waals surface area contributed by atoms with Crippen molar-refractivity contribution < 1.29 is 22.7 Å². The molecule has 0 unspecified atom stereocenters. The summed E-state index contributed by atoms with van der Waals surface area (Å²) in [6.45, 7) is 0.646. The van der Waals surface area contributed by atoms with Crippen molar-refractivity contribution in [1.82, 2.24) is 4.90 Å². The SMILES string of the molecule is CCCN(CC(=O)c1ccccc1OC)CC(F)(F)F. The average molecular weight is 289 g/mol. The van der Waals surface area contributed by atoms with Crippen LogP contribution in [-0.2, 0) is 0 Å². The number of carbonyl (C=O) groups is 1. The summed E-state index contributed by atoms with van der Waals surface area (Å²) in [5.74, 6) is 0.00103. The molecular formula is C14H18F3NO2. The lowest BCUT2D eigenvalue weighted by molar-refractivity contribution is -0.144. The van der Waals surface area contributed by atoms with Gasteiger partial charge in [0, 0.05) is 0 Å². The molecule has 0 heterocycles. The number of alkyl halides is 3. The van der Waals surface area contributed by atoms with E-state index in [2.05, 4.69) is 0 Å². The molecule has 0 atom stereocenters. The highest BCUT2D eigenvalue weighted by atomic mass is 19.4. The minimum atomic E-state index is -4.31. The second-order valence-electron chi connectivity index (χ2n) is 4.45. The van der Waals surface area contributed by atoms with Crippen molar-refractivity contribution in [3.8, 4) is 5.75 Å². The van der Waals surface area contributed by atoms with E-state index in [0.29, 0.717) is 17.7 Å². The maximum atomic E-state index is 12.4. The molecule has 20 heavy (non-hydrogen) atoms. The molecule has 6 heteroatoms. The fraction of sp³-hybridized carbons (Fsp3) is 0.500. The van der Waals surface area contributed by atoms with Gasteiger partial charge in [-0.3, -0.25) is 9.69 Å². The monoisotopic (exact) mass is 289 g/mol. The van der Waals surface area contributed by atoms with Crippen LogP contribution in [0.2, 0.25) is 0 Å². The quantitative estimate of drug-likeness (QED) is 0.722. The van der Waals surface area contributed by atoms with Crippen LogP contribution in [0, 0.1) is 0 Å². The molecule has 0 aromatic heterocycles. The number of halogens is 3. The first-order chi connectivity index (χ1) is 9.37. The third kappa shape index (κ3) is 5.21. The second kappa shape index (κ2) is 7.28. The van der Waals surface area contributed by atoms with E-state index < -0.39 is 12.7 Å². The van der Waals surface area contributed by atoms with E-state index in [-0.39, 0.29) is 18.9 Å². The first kappa shape index (κ1) is 16.5.